The summed E-state index contributed by atoms with van der Waals surface area (Å²) in [7, 11) is 1.37. The van der Waals surface area contributed by atoms with Gasteiger partial charge in [-0.2, -0.15) is 8.75 Å². The molecule has 0 aliphatic carbocycles. The highest BCUT2D eigenvalue weighted by Gasteiger charge is 2.21. The maximum Gasteiger partial charge on any atom is 0.348 e. The van der Waals surface area contributed by atoms with E-state index in [1.54, 1.807) is 0 Å². The lowest BCUT2D eigenvalue weighted by Crippen LogP contribution is -2.03. The second-order valence-corrected chi connectivity index (χ2v) is 12.0. The molecule has 0 aliphatic heterocycles. The van der Waals surface area contributed by atoms with Crippen LogP contribution in [0, 0.1) is 0 Å². The molecule has 0 saturated carbocycles. The van der Waals surface area contributed by atoms with Crippen molar-refractivity contribution in [3.63, 3.8) is 0 Å². The van der Waals surface area contributed by atoms with Crippen LogP contribution in [0.4, 0.5) is 0 Å². The molecule has 1 aromatic carbocycles. The second-order valence-electron chi connectivity index (χ2n) is 7.35. The minimum Gasteiger partial charge on any atom is -0.465 e. The zero-order valence-electron chi connectivity index (χ0n) is 18.2. The Labute approximate surface area is 218 Å². The summed E-state index contributed by atoms with van der Waals surface area (Å²) in [5.41, 5.74) is 3.33. The van der Waals surface area contributed by atoms with Crippen molar-refractivity contribution in [2.45, 2.75) is 13.3 Å². The number of benzene rings is 1. The van der Waals surface area contributed by atoms with Crippen molar-refractivity contribution in [1.29, 1.82) is 0 Å². The molecule has 0 fully saturated rings. The highest BCUT2D eigenvalue weighted by molar-refractivity contribution is 7.30. The fourth-order valence-electron chi connectivity index (χ4n) is 3.48. The van der Waals surface area contributed by atoms with E-state index >= 15 is 0 Å². The van der Waals surface area contributed by atoms with Crippen LogP contribution in [0.15, 0.2) is 24.3 Å². The van der Waals surface area contributed by atoms with Crippen molar-refractivity contribution in [2.75, 3.05) is 13.7 Å². The number of carbonyl (C=O) groups is 2. The number of aromatic nitrogens is 4. The van der Waals surface area contributed by atoms with Crippen molar-refractivity contribution >= 4 is 99.1 Å². The number of carbonyl (C=O) groups excluding carboxylic acids is 2. The Morgan fingerprint density at radius 3 is 1.86 bits per heavy atom. The molecule has 0 spiro atoms. The van der Waals surface area contributed by atoms with Crippen LogP contribution < -0.4 is 0 Å². The predicted molar refractivity (Wildman–Crippen MR) is 142 cm³/mol. The highest BCUT2D eigenvalue weighted by atomic mass is 32.1. The Hall–Kier alpha value is -2.84. The van der Waals surface area contributed by atoms with E-state index in [-0.39, 0.29) is 11.9 Å². The van der Waals surface area contributed by atoms with Gasteiger partial charge >= 0.3 is 11.9 Å². The van der Waals surface area contributed by atoms with E-state index in [1.165, 1.54) is 52.5 Å². The summed E-state index contributed by atoms with van der Waals surface area (Å²) >= 11 is 6.83. The van der Waals surface area contributed by atoms with Crippen LogP contribution >= 0.6 is 57.1 Å². The Kier molecular flexibility index (Phi) is 5.81. The van der Waals surface area contributed by atoms with Gasteiger partial charge in [-0.25, -0.2) is 19.6 Å². The van der Waals surface area contributed by atoms with Crippen LogP contribution in [-0.2, 0) is 9.47 Å². The lowest BCUT2D eigenvalue weighted by Gasteiger charge is -2.02. The zero-order valence-corrected chi connectivity index (χ0v) is 22.3. The van der Waals surface area contributed by atoms with Gasteiger partial charge in [0.15, 0.2) is 0 Å². The smallest absolute Gasteiger partial charge is 0.348 e. The number of fused-ring (bicyclic) bond motifs is 3. The summed E-state index contributed by atoms with van der Waals surface area (Å²) in [6, 6.07) is 7.64. The number of thiophene rings is 2. The maximum atomic E-state index is 12.2. The van der Waals surface area contributed by atoms with Crippen molar-refractivity contribution < 1.29 is 19.1 Å². The first-order valence-electron chi connectivity index (χ1n) is 10.4. The Morgan fingerprint density at radius 1 is 0.829 bits per heavy atom. The van der Waals surface area contributed by atoms with E-state index in [4.69, 9.17) is 19.4 Å². The van der Waals surface area contributed by atoms with E-state index in [0.29, 0.717) is 16.4 Å². The highest BCUT2D eigenvalue weighted by Crippen LogP contribution is 2.42. The van der Waals surface area contributed by atoms with E-state index in [9.17, 15) is 9.59 Å². The molecule has 0 N–H and O–H groups in total. The lowest BCUT2D eigenvalue weighted by molar-refractivity contribution is 0.0510. The summed E-state index contributed by atoms with van der Waals surface area (Å²) in [4.78, 5) is 36.2. The molecule has 0 amide bonds. The third kappa shape index (κ3) is 3.93. The molecule has 5 aromatic heterocycles. The number of rotatable bonds is 6. The average Bonchev–Trinajstić information content (AvgIpc) is 3.65. The maximum absolute atomic E-state index is 12.2. The first-order chi connectivity index (χ1) is 17.1. The van der Waals surface area contributed by atoms with Crippen LogP contribution in [0.2, 0.25) is 0 Å². The molecule has 0 unspecified atom stereocenters. The van der Waals surface area contributed by atoms with Gasteiger partial charge in [-0.1, -0.05) is 6.92 Å². The van der Waals surface area contributed by atoms with Gasteiger partial charge in [0.25, 0.3) is 0 Å². The Balaban J connectivity index is 1.36. The number of thiazole rings is 2. The van der Waals surface area contributed by atoms with Crippen LogP contribution in [0.1, 0.15) is 32.7 Å². The summed E-state index contributed by atoms with van der Waals surface area (Å²) in [6.07, 6.45) is 0.787. The third-order valence-electron chi connectivity index (χ3n) is 5.08. The van der Waals surface area contributed by atoms with Gasteiger partial charge in [-0.05, 0) is 30.7 Å². The van der Waals surface area contributed by atoms with Crippen molar-refractivity contribution in [3.05, 3.63) is 34.0 Å². The molecular weight excluding hydrogens is 545 g/mol. The van der Waals surface area contributed by atoms with Gasteiger partial charge in [0.05, 0.1) is 34.8 Å². The van der Waals surface area contributed by atoms with Gasteiger partial charge in [0.1, 0.15) is 40.5 Å². The normalized spacial score (nSPS) is 11.6. The molecule has 5 heterocycles. The minimum absolute atomic E-state index is 0.305. The van der Waals surface area contributed by atoms with Crippen LogP contribution in [-0.4, -0.2) is 44.4 Å². The van der Waals surface area contributed by atoms with Crippen LogP contribution in [0.25, 0.3) is 51.2 Å². The van der Waals surface area contributed by atoms with Crippen LogP contribution in [0.3, 0.4) is 0 Å². The van der Waals surface area contributed by atoms with Crippen molar-refractivity contribution in [1.82, 2.24) is 18.7 Å². The molecule has 0 saturated heterocycles. The van der Waals surface area contributed by atoms with E-state index < -0.39 is 0 Å². The number of ether oxygens (including phenoxy) is 2. The van der Waals surface area contributed by atoms with Gasteiger partial charge in [0, 0.05) is 11.1 Å². The van der Waals surface area contributed by atoms with E-state index in [1.807, 2.05) is 31.2 Å². The van der Waals surface area contributed by atoms with Crippen molar-refractivity contribution in [3.8, 4) is 21.1 Å². The lowest BCUT2D eigenvalue weighted by atomic mass is 10.1. The summed E-state index contributed by atoms with van der Waals surface area (Å²) in [5.74, 6) is -0.661. The predicted octanol–water partition coefficient (Wildman–Crippen LogP) is 6.72. The SMILES string of the molecule is CCCOC(=O)c1cc2sc(-c3ccc(-c4nc5sc(C(=O)OC)cc5s4)c4nsnc34)nc2s1. The monoisotopic (exact) mass is 558 g/mol. The second kappa shape index (κ2) is 8.99. The summed E-state index contributed by atoms with van der Waals surface area (Å²) < 4.78 is 21.0. The minimum atomic E-state index is -0.356. The Morgan fingerprint density at radius 2 is 1.37 bits per heavy atom. The Bertz CT molecular complexity index is 1680. The van der Waals surface area contributed by atoms with E-state index in [0.717, 1.165) is 69.4 Å². The topological polar surface area (TPSA) is 104 Å². The number of hydrogen-bond donors (Lipinski definition) is 0. The summed E-state index contributed by atoms with van der Waals surface area (Å²) in [5, 5.41) is 1.65. The molecular formula is C22H14N4O4S5. The largest absolute Gasteiger partial charge is 0.465 e. The standard InChI is InChI=1S/C22H14N4O4S5/c1-3-6-30-22(28)14-8-12-20(34-14)24-18(32-12)10-5-4-9(15-16(10)26-35-25-15)17-23-19-11(31-17)7-13(33-19)21(27)29-2/h4-5,7-8H,3,6H2,1-2H3. The molecule has 0 aliphatic rings. The quantitative estimate of drug-likeness (QED) is 0.208. The number of methoxy groups -OCH3 is 1. The molecule has 8 nitrogen and oxygen atoms in total. The number of nitrogens with zero attached hydrogens (tertiary/aromatic N) is 4. The molecule has 6 rings (SSSR count). The van der Waals surface area contributed by atoms with Crippen LogP contribution in [0.5, 0.6) is 0 Å². The molecule has 35 heavy (non-hydrogen) atoms. The first kappa shape index (κ1) is 22.6. The molecule has 0 radical (unpaired) electrons. The number of hydrogen-bond acceptors (Lipinski definition) is 13. The van der Waals surface area contributed by atoms with Gasteiger partial charge in [0.2, 0.25) is 0 Å². The van der Waals surface area contributed by atoms with Gasteiger partial charge in [-0.15, -0.1) is 45.3 Å². The molecule has 0 bridgehead atoms. The molecule has 13 heteroatoms. The molecule has 0 atom stereocenters. The first-order valence-corrected chi connectivity index (χ1v) is 14.4. The average molecular weight is 559 g/mol. The van der Waals surface area contributed by atoms with Gasteiger partial charge in [-0.3, -0.25) is 0 Å². The van der Waals surface area contributed by atoms with Crippen molar-refractivity contribution in [2.24, 2.45) is 0 Å². The molecule has 176 valence electrons. The fraction of sp³-hybridized carbons (Fsp3) is 0.182. The third-order valence-corrected chi connectivity index (χ3v) is 9.96. The number of esters is 2. The summed E-state index contributed by atoms with van der Waals surface area (Å²) in [6.45, 7) is 2.37. The molecule has 6 aromatic rings. The zero-order chi connectivity index (χ0) is 24.1. The van der Waals surface area contributed by atoms with Gasteiger partial charge < -0.3 is 9.47 Å². The van der Waals surface area contributed by atoms with E-state index in [2.05, 4.69) is 8.75 Å². The fourth-order valence-corrected chi connectivity index (χ4v) is 8.35.